The first-order valence-corrected chi connectivity index (χ1v) is 12.9. The molecule has 0 saturated heterocycles. The molecule has 0 unspecified atom stereocenters. The molecule has 0 amide bonds. The van der Waals surface area contributed by atoms with E-state index in [1.54, 1.807) is 11.3 Å². The maximum atomic E-state index is 13.4. The summed E-state index contributed by atoms with van der Waals surface area (Å²) < 4.78 is 5.75. The lowest BCUT2D eigenvalue weighted by Crippen LogP contribution is -2.20. The van der Waals surface area contributed by atoms with Crippen molar-refractivity contribution in [1.82, 2.24) is 15.0 Å². The molecule has 2 aliphatic carbocycles. The highest BCUT2D eigenvalue weighted by Gasteiger charge is 2.27. The van der Waals surface area contributed by atoms with E-state index >= 15 is 0 Å². The Hall–Kier alpha value is -3.06. The minimum absolute atomic E-state index is 0.0655. The highest BCUT2D eigenvalue weighted by molar-refractivity contribution is 7.18. The average molecular weight is 474 g/mol. The maximum Gasteiger partial charge on any atom is 0.339 e. The zero-order valence-corrected chi connectivity index (χ0v) is 20.3. The smallest absolute Gasteiger partial charge is 0.339 e. The number of carbonyl (C=O) groups excluding carboxylic acids is 1. The number of rotatable bonds is 3. The third-order valence-corrected chi connectivity index (χ3v) is 8.41. The maximum absolute atomic E-state index is 13.4. The van der Waals surface area contributed by atoms with Gasteiger partial charge >= 0.3 is 5.97 Å². The third-order valence-electron chi connectivity index (χ3n) is 7.26. The number of pyridine rings is 1. The molecule has 2 aliphatic rings. The zero-order chi connectivity index (χ0) is 23.4. The lowest BCUT2D eigenvalue weighted by Gasteiger charge is -2.24. The van der Waals surface area contributed by atoms with E-state index in [4.69, 9.17) is 9.72 Å². The van der Waals surface area contributed by atoms with Crippen molar-refractivity contribution in [2.45, 2.75) is 59.0 Å². The van der Waals surface area contributed by atoms with E-state index in [0.29, 0.717) is 28.6 Å². The van der Waals surface area contributed by atoms with E-state index in [9.17, 15) is 9.59 Å². The van der Waals surface area contributed by atoms with Gasteiger partial charge in [0.1, 0.15) is 17.3 Å². The zero-order valence-electron chi connectivity index (χ0n) is 19.4. The third kappa shape index (κ3) is 3.63. The molecule has 4 aromatic rings. The number of esters is 1. The molecule has 2 atom stereocenters. The predicted molar refractivity (Wildman–Crippen MR) is 133 cm³/mol. The van der Waals surface area contributed by atoms with Crippen LogP contribution in [0.2, 0.25) is 0 Å². The summed E-state index contributed by atoms with van der Waals surface area (Å²) in [6, 6.07) is 7.73. The van der Waals surface area contributed by atoms with Gasteiger partial charge in [-0.15, -0.1) is 11.3 Å². The second-order valence-electron chi connectivity index (χ2n) is 9.90. The van der Waals surface area contributed by atoms with Gasteiger partial charge in [0.25, 0.3) is 5.56 Å². The van der Waals surface area contributed by atoms with Crippen molar-refractivity contribution in [3.8, 4) is 0 Å². The summed E-state index contributed by atoms with van der Waals surface area (Å²) in [6.45, 7) is 4.39. The highest BCUT2D eigenvalue weighted by atomic mass is 32.1. The molecule has 7 heteroatoms. The topological polar surface area (TPSA) is 84.9 Å². The quantitative estimate of drug-likeness (QED) is 0.417. The summed E-state index contributed by atoms with van der Waals surface area (Å²) in [5.41, 5.74) is 4.43. The largest absolute Gasteiger partial charge is 0.454 e. The molecule has 0 radical (unpaired) electrons. The van der Waals surface area contributed by atoms with Crippen molar-refractivity contribution < 1.29 is 9.53 Å². The SMILES string of the molecule is C[C@H]1CCc2c(sc3nc(COC(=O)c4c5c(nc6ccccc46)CC[C@H](C)C5)[nH]c(=O)c23)C1. The summed E-state index contributed by atoms with van der Waals surface area (Å²) >= 11 is 1.60. The second kappa shape index (κ2) is 8.31. The molecule has 0 spiro atoms. The number of aromatic nitrogens is 3. The Labute approximate surface area is 201 Å². The van der Waals surface area contributed by atoms with Crippen molar-refractivity contribution in [1.29, 1.82) is 0 Å². The van der Waals surface area contributed by atoms with Crippen LogP contribution in [0.15, 0.2) is 29.1 Å². The normalized spacial score (nSPS) is 19.7. The van der Waals surface area contributed by atoms with E-state index in [1.807, 2.05) is 24.3 Å². The Kier molecular flexibility index (Phi) is 5.25. The van der Waals surface area contributed by atoms with Crippen LogP contribution in [0.25, 0.3) is 21.1 Å². The molecular weight excluding hydrogens is 446 g/mol. The number of aryl methyl sites for hydroxylation is 2. The predicted octanol–water partition coefficient (Wildman–Crippen LogP) is 5.14. The van der Waals surface area contributed by atoms with Gasteiger partial charge in [-0.05, 0) is 67.6 Å². The van der Waals surface area contributed by atoms with Crippen LogP contribution in [0.5, 0.6) is 0 Å². The number of hydrogen-bond donors (Lipinski definition) is 1. The molecule has 6 rings (SSSR count). The molecule has 0 saturated carbocycles. The van der Waals surface area contributed by atoms with E-state index in [-0.39, 0.29) is 18.1 Å². The molecular formula is C27H27N3O3S. The van der Waals surface area contributed by atoms with Gasteiger partial charge in [-0.3, -0.25) is 9.78 Å². The molecule has 0 fully saturated rings. The van der Waals surface area contributed by atoms with Gasteiger partial charge in [-0.2, -0.15) is 0 Å². The Morgan fingerprint density at radius 1 is 1.09 bits per heavy atom. The van der Waals surface area contributed by atoms with Gasteiger partial charge in [-0.25, -0.2) is 9.78 Å². The lowest BCUT2D eigenvalue weighted by molar-refractivity contribution is 0.0462. The molecule has 1 aromatic carbocycles. The Morgan fingerprint density at radius 2 is 1.88 bits per heavy atom. The number of hydrogen-bond acceptors (Lipinski definition) is 6. The summed E-state index contributed by atoms with van der Waals surface area (Å²) in [4.78, 5) is 40.7. The average Bonchev–Trinajstić information content (AvgIpc) is 3.19. The molecule has 34 heavy (non-hydrogen) atoms. The summed E-state index contributed by atoms with van der Waals surface area (Å²) in [5.74, 6) is 1.13. The van der Waals surface area contributed by atoms with Crippen LogP contribution in [-0.2, 0) is 37.0 Å². The molecule has 1 N–H and O–H groups in total. The van der Waals surface area contributed by atoms with Crippen molar-refractivity contribution in [3.05, 3.63) is 67.7 Å². The standard InChI is InChI=1S/C27H27N3O3S/c1-14-8-10-20-18(11-14)23(16-5-3-4-6-19(16)28-20)27(32)33-13-22-29-25(31)24-17-9-7-15(2)12-21(17)34-26(24)30-22/h3-6,14-15H,7-13H2,1-2H3,(H,29,30,31)/t14-,15-/m0/s1. The van der Waals surface area contributed by atoms with Crippen LogP contribution >= 0.6 is 11.3 Å². The number of aromatic amines is 1. The van der Waals surface area contributed by atoms with Gasteiger partial charge in [-0.1, -0.05) is 32.0 Å². The molecule has 174 valence electrons. The second-order valence-corrected chi connectivity index (χ2v) is 11.0. The van der Waals surface area contributed by atoms with Crippen LogP contribution in [0.3, 0.4) is 0 Å². The molecule has 0 aliphatic heterocycles. The van der Waals surface area contributed by atoms with Crippen LogP contribution in [0, 0.1) is 11.8 Å². The van der Waals surface area contributed by atoms with Gasteiger partial charge in [0.15, 0.2) is 0 Å². The molecule has 3 heterocycles. The van der Waals surface area contributed by atoms with Crippen LogP contribution in [0.1, 0.15) is 64.6 Å². The van der Waals surface area contributed by atoms with Crippen LogP contribution in [0.4, 0.5) is 0 Å². The number of thiophene rings is 1. The highest BCUT2D eigenvalue weighted by Crippen LogP contribution is 2.36. The first-order valence-electron chi connectivity index (χ1n) is 12.1. The van der Waals surface area contributed by atoms with Gasteiger partial charge < -0.3 is 9.72 Å². The number of ether oxygens (including phenoxy) is 1. The summed E-state index contributed by atoms with van der Waals surface area (Å²) in [7, 11) is 0. The minimum atomic E-state index is -0.383. The van der Waals surface area contributed by atoms with E-state index in [2.05, 4.69) is 23.8 Å². The van der Waals surface area contributed by atoms with E-state index in [1.165, 1.54) is 4.88 Å². The van der Waals surface area contributed by atoms with Crippen LogP contribution < -0.4 is 5.56 Å². The first-order chi connectivity index (χ1) is 16.5. The number of nitrogens with one attached hydrogen (secondary N) is 1. The fourth-order valence-electron chi connectivity index (χ4n) is 5.46. The van der Waals surface area contributed by atoms with Crippen LogP contribution in [-0.4, -0.2) is 20.9 Å². The minimum Gasteiger partial charge on any atom is -0.454 e. The Balaban J connectivity index is 1.33. The van der Waals surface area contributed by atoms with E-state index in [0.717, 1.165) is 71.1 Å². The number of H-pyrrole nitrogens is 1. The molecule has 3 aromatic heterocycles. The summed E-state index contributed by atoms with van der Waals surface area (Å²) in [5, 5.41) is 1.53. The van der Waals surface area contributed by atoms with E-state index < -0.39 is 0 Å². The monoisotopic (exact) mass is 473 g/mol. The van der Waals surface area contributed by atoms with Gasteiger partial charge in [0.05, 0.1) is 16.5 Å². The number of fused-ring (bicyclic) bond motifs is 5. The Morgan fingerprint density at radius 3 is 2.76 bits per heavy atom. The number of nitrogens with zero attached hydrogens (tertiary/aromatic N) is 2. The number of para-hydroxylation sites is 1. The molecule has 0 bridgehead atoms. The van der Waals surface area contributed by atoms with Gasteiger partial charge in [0.2, 0.25) is 0 Å². The van der Waals surface area contributed by atoms with Crippen molar-refractivity contribution in [2.75, 3.05) is 0 Å². The van der Waals surface area contributed by atoms with Gasteiger partial charge in [0, 0.05) is 16.0 Å². The van der Waals surface area contributed by atoms with Crippen molar-refractivity contribution in [2.24, 2.45) is 11.8 Å². The first kappa shape index (κ1) is 21.5. The number of carbonyl (C=O) groups is 1. The Bertz CT molecular complexity index is 1500. The fourth-order valence-corrected chi connectivity index (χ4v) is 6.87. The van der Waals surface area contributed by atoms with Crippen molar-refractivity contribution >= 4 is 38.4 Å². The van der Waals surface area contributed by atoms with Crippen molar-refractivity contribution in [3.63, 3.8) is 0 Å². The number of benzene rings is 1. The fraction of sp³-hybridized carbons (Fsp3) is 0.407. The molecule has 6 nitrogen and oxygen atoms in total. The summed E-state index contributed by atoms with van der Waals surface area (Å²) in [6.07, 6.45) is 5.78. The lowest BCUT2D eigenvalue weighted by atomic mass is 9.84.